The number of carboxylic acid groups (broad SMARTS) is 1. The SMILES string of the molecule is CC(C)(CC(=O)O)CC1CC2C=CC1C2. The second kappa shape index (κ2) is 3.66. The molecular formula is C13H20O2. The van der Waals surface area contributed by atoms with Crippen LogP contribution in [0.1, 0.15) is 39.5 Å². The van der Waals surface area contributed by atoms with Gasteiger partial charge in [0.15, 0.2) is 0 Å². The Hall–Kier alpha value is -0.790. The molecule has 0 saturated heterocycles. The summed E-state index contributed by atoms with van der Waals surface area (Å²) in [6.07, 6.45) is 8.63. The van der Waals surface area contributed by atoms with E-state index in [9.17, 15) is 4.79 Å². The van der Waals surface area contributed by atoms with Crippen molar-refractivity contribution in [3.05, 3.63) is 12.2 Å². The van der Waals surface area contributed by atoms with Gasteiger partial charge in [-0.05, 0) is 42.4 Å². The quantitative estimate of drug-likeness (QED) is 0.721. The smallest absolute Gasteiger partial charge is 0.303 e. The number of carboxylic acids is 1. The molecule has 0 spiro atoms. The molecular weight excluding hydrogens is 188 g/mol. The van der Waals surface area contributed by atoms with E-state index in [0.29, 0.717) is 6.42 Å². The maximum Gasteiger partial charge on any atom is 0.303 e. The van der Waals surface area contributed by atoms with Crippen molar-refractivity contribution in [2.24, 2.45) is 23.2 Å². The average Bonchev–Trinajstić information content (AvgIpc) is 2.60. The Morgan fingerprint density at radius 1 is 1.40 bits per heavy atom. The molecule has 2 aliphatic rings. The zero-order valence-electron chi connectivity index (χ0n) is 9.57. The van der Waals surface area contributed by atoms with Gasteiger partial charge in [-0.2, -0.15) is 0 Å². The lowest BCUT2D eigenvalue weighted by molar-refractivity contribution is -0.139. The minimum atomic E-state index is -0.668. The van der Waals surface area contributed by atoms with E-state index in [0.717, 1.165) is 24.2 Å². The monoisotopic (exact) mass is 208 g/mol. The van der Waals surface area contributed by atoms with Crippen LogP contribution in [0.15, 0.2) is 12.2 Å². The lowest BCUT2D eigenvalue weighted by Gasteiger charge is -2.29. The number of fused-ring (bicyclic) bond motifs is 2. The lowest BCUT2D eigenvalue weighted by atomic mass is 9.76. The Morgan fingerprint density at radius 2 is 2.13 bits per heavy atom. The molecule has 0 aromatic heterocycles. The number of allylic oxidation sites excluding steroid dienone is 2. The molecule has 15 heavy (non-hydrogen) atoms. The van der Waals surface area contributed by atoms with E-state index in [4.69, 9.17) is 5.11 Å². The summed E-state index contributed by atoms with van der Waals surface area (Å²) >= 11 is 0. The van der Waals surface area contributed by atoms with Gasteiger partial charge >= 0.3 is 5.97 Å². The first-order valence-electron chi connectivity index (χ1n) is 5.86. The Labute approximate surface area is 91.4 Å². The molecule has 0 heterocycles. The molecule has 0 radical (unpaired) electrons. The summed E-state index contributed by atoms with van der Waals surface area (Å²) in [5.41, 5.74) is -0.0468. The van der Waals surface area contributed by atoms with E-state index in [1.165, 1.54) is 12.8 Å². The first kappa shape index (κ1) is 10.7. The molecule has 0 aromatic rings. The number of hydrogen-bond donors (Lipinski definition) is 1. The summed E-state index contributed by atoms with van der Waals surface area (Å²) < 4.78 is 0. The number of rotatable bonds is 4. The molecule has 3 atom stereocenters. The first-order chi connectivity index (χ1) is 6.96. The molecule has 2 nitrogen and oxygen atoms in total. The summed E-state index contributed by atoms with van der Waals surface area (Å²) in [5.74, 6) is 1.59. The molecule has 2 bridgehead atoms. The standard InChI is InChI=1S/C13H20O2/c1-13(2,8-12(14)15)7-11-6-9-3-4-10(11)5-9/h3-4,9-11H,5-8H2,1-2H3,(H,14,15). The summed E-state index contributed by atoms with van der Waals surface area (Å²) in [6.45, 7) is 4.16. The number of carbonyl (C=O) groups is 1. The van der Waals surface area contributed by atoms with Gasteiger partial charge in [0.25, 0.3) is 0 Å². The van der Waals surface area contributed by atoms with Gasteiger partial charge in [-0.25, -0.2) is 0 Å². The van der Waals surface area contributed by atoms with Crippen molar-refractivity contribution in [2.75, 3.05) is 0 Å². The van der Waals surface area contributed by atoms with Crippen LogP contribution in [0.25, 0.3) is 0 Å². The molecule has 3 unspecified atom stereocenters. The minimum absolute atomic E-state index is 0.0468. The molecule has 0 aliphatic heterocycles. The predicted molar refractivity (Wildman–Crippen MR) is 59.5 cm³/mol. The Balaban J connectivity index is 1.91. The highest BCUT2D eigenvalue weighted by atomic mass is 16.4. The van der Waals surface area contributed by atoms with Crippen LogP contribution in [-0.4, -0.2) is 11.1 Å². The molecule has 2 rings (SSSR count). The highest BCUT2D eigenvalue weighted by Crippen LogP contribution is 2.48. The summed E-state index contributed by atoms with van der Waals surface area (Å²) in [7, 11) is 0. The van der Waals surface area contributed by atoms with E-state index in [1.54, 1.807) is 0 Å². The van der Waals surface area contributed by atoms with Crippen molar-refractivity contribution in [3.63, 3.8) is 0 Å². The zero-order valence-corrected chi connectivity index (χ0v) is 9.57. The Morgan fingerprint density at radius 3 is 2.60 bits per heavy atom. The minimum Gasteiger partial charge on any atom is -0.481 e. The summed E-state index contributed by atoms with van der Waals surface area (Å²) in [6, 6.07) is 0. The maximum atomic E-state index is 10.7. The topological polar surface area (TPSA) is 37.3 Å². The van der Waals surface area contributed by atoms with Crippen molar-refractivity contribution in [1.82, 2.24) is 0 Å². The third-order valence-corrected chi connectivity index (χ3v) is 3.86. The van der Waals surface area contributed by atoms with Gasteiger partial charge in [0.2, 0.25) is 0 Å². The van der Waals surface area contributed by atoms with Crippen LogP contribution in [0, 0.1) is 23.2 Å². The fourth-order valence-electron chi connectivity index (χ4n) is 3.32. The second-order valence-electron chi connectivity index (χ2n) is 5.98. The van der Waals surface area contributed by atoms with Crippen molar-refractivity contribution in [3.8, 4) is 0 Å². The fourth-order valence-corrected chi connectivity index (χ4v) is 3.32. The number of aliphatic carboxylic acids is 1. The first-order valence-corrected chi connectivity index (χ1v) is 5.86. The molecule has 1 N–H and O–H groups in total. The lowest BCUT2D eigenvalue weighted by Crippen LogP contribution is -2.22. The predicted octanol–water partition coefficient (Wildman–Crippen LogP) is 3.09. The summed E-state index contributed by atoms with van der Waals surface area (Å²) in [5, 5.41) is 8.84. The number of hydrogen-bond acceptors (Lipinski definition) is 1. The molecule has 2 aliphatic carbocycles. The Bertz CT molecular complexity index is 291. The van der Waals surface area contributed by atoms with Gasteiger partial charge in [0, 0.05) is 0 Å². The largest absolute Gasteiger partial charge is 0.481 e. The van der Waals surface area contributed by atoms with Crippen molar-refractivity contribution in [2.45, 2.75) is 39.5 Å². The van der Waals surface area contributed by atoms with Crippen LogP contribution in [0.5, 0.6) is 0 Å². The molecule has 0 aromatic carbocycles. The maximum absolute atomic E-state index is 10.7. The highest BCUT2D eigenvalue weighted by Gasteiger charge is 2.38. The Kier molecular flexibility index (Phi) is 2.61. The van der Waals surface area contributed by atoms with Crippen molar-refractivity contribution >= 4 is 5.97 Å². The molecule has 0 amide bonds. The fraction of sp³-hybridized carbons (Fsp3) is 0.769. The molecule has 2 heteroatoms. The molecule has 84 valence electrons. The normalized spacial score (nSPS) is 33.6. The van der Waals surface area contributed by atoms with Gasteiger partial charge in [-0.1, -0.05) is 26.0 Å². The van der Waals surface area contributed by atoms with Crippen LogP contribution in [0.3, 0.4) is 0 Å². The van der Waals surface area contributed by atoms with Gasteiger partial charge < -0.3 is 5.11 Å². The van der Waals surface area contributed by atoms with E-state index < -0.39 is 5.97 Å². The molecule has 1 saturated carbocycles. The van der Waals surface area contributed by atoms with Gasteiger partial charge in [-0.15, -0.1) is 0 Å². The van der Waals surface area contributed by atoms with Crippen LogP contribution in [0.4, 0.5) is 0 Å². The second-order valence-corrected chi connectivity index (χ2v) is 5.98. The summed E-state index contributed by atoms with van der Waals surface area (Å²) in [4.78, 5) is 10.7. The zero-order chi connectivity index (χ0) is 11.1. The highest BCUT2D eigenvalue weighted by molar-refractivity contribution is 5.67. The van der Waals surface area contributed by atoms with Gasteiger partial charge in [0.05, 0.1) is 6.42 Å². The third kappa shape index (κ3) is 2.42. The van der Waals surface area contributed by atoms with Crippen LogP contribution < -0.4 is 0 Å². The van der Waals surface area contributed by atoms with Gasteiger partial charge in [-0.3, -0.25) is 4.79 Å². The van der Waals surface area contributed by atoms with Crippen LogP contribution >= 0.6 is 0 Å². The molecule has 1 fully saturated rings. The van der Waals surface area contributed by atoms with E-state index in [-0.39, 0.29) is 5.41 Å². The van der Waals surface area contributed by atoms with E-state index in [1.807, 2.05) is 0 Å². The van der Waals surface area contributed by atoms with Crippen LogP contribution in [0.2, 0.25) is 0 Å². The van der Waals surface area contributed by atoms with Crippen molar-refractivity contribution < 1.29 is 9.90 Å². The van der Waals surface area contributed by atoms with Crippen molar-refractivity contribution in [1.29, 1.82) is 0 Å². The van der Waals surface area contributed by atoms with E-state index >= 15 is 0 Å². The third-order valence-electron chi connectivity index (χ3n) is 3.86. The van der Waals surface area contributed by atoms with E-state index in [2.05, 4.69) is 26.0 Å². The van der Waals surface area contributed by atoms with Crippen LogP contribution in [-0.2, 0) is 4.79 Å². The van der Waals surface area contributed by atoms with Gasteiger partial charge in [0.1, 0.15) is 0 Å². The average molecular weight is 208 g/mol.